The predicted molar refractivity (Wildman–Crippen MR) is 170 cm³/mol. The number of nitrogens with zero attached hydrogens (tertiary/aromatic N) is 4. The number of carbonyl (C=O) groups is 2. The maximum Gasteiger partial charge on any atom is 0.409 e. The van der Waals surface area contributed by atoms with Gasteiger partial charge in [0.05, 0.1) is 36.0 Å². The van der Waals surface area contributed by atoms with Crippen molar-refractivity contribution in [1.29, 1.82) is 0 Å². The molecule has 6 rings (SSSR count). The highest BCUT2D eigenvalue weighted by Crippen LogP contribution is 2.55. The molecule has 232 valence electrons. The van der Waals surface area contributed by atoms with E-state index >= 15 is 0 Å². The maximum atomic E-state index is 12.6. The number of fused-ring (bicyclic) bond motifs is 1. The fraction of sp³-hybridized carbons (Fsp3) is 0.455. The Hall–Kier alpha value is -3.89. The van der Waals surface area contributed by atoms with Crippen LogP contribution in [-0.2, 0) is 9.47 Å². The summed E-state index contributed by atoms with van der Waals surface area (Å²) < 4.78 is 12.6. The van der Waals surface area contributed by atoms with Crippen molar-refractivity contribution in [1.82, 2.24) is 30.2 Å². The van der Waals surface area contributed by atoms with Crippen LogP contribution in [0.25, 0.3) is 33.3 Å². The van der Waals surface area contributed by atoms with Crippen molar-refractivity contribution in [2.45, 2.75) is 52.5 Å². The molecule has 1 aliphatic carbocycles. The van der Waals surface area contributed by atoms with E-state index in [1.165, 1.54) is 0 Å². The topological polar surface area (TPSA) is 114 Å². The smallest absolute Gasteiger partial charge is 0.409 e. The van der Waals surface area contributed by atoms with Crippen LogP contribution in [0, 0.1) is 19.3 Å². The van der Waals surface area contributed by atoms with E-state index in [1.807, 2.05) is 48.4 Å². The summed E-state index contributed by atoms with van der Waals surface area (Å²) in [4.78, 5) is 26.8. The molecule has 2 aromatic heterocycles. The van der Waals surface area contributed by atoms with Gasteiger partial charge in [0, 0.05) is 65.5 Å². The normalized spacial score (nSPS) is 15.8. The zero-order valence-corrected chi connectivity index (χ0v) is 26.5. The average Bonchev–Trinajstić information content (AvgIpc) is 3.57. The summed E-state index contributed by atoms with van der Waals surface area (Å²) in [5, 5.41) is 17.1. The van der Waals surface area contributed by atoms with Crippen LogP contribution in [0.3, 0.4) is 0 Å². The van der Waals surface area contributed by atoms with E-state index in [0.29, 0.717) is 30.3 Å². The molecule has 2 aliphatic rings. The van der Waals surface area contributed by atoms with Gasteiger partial charge in [-0.3, -0.25) is 14.6 Å². The zero-order chi connectivity index (χ0) is 31.0. The number of aromatic amines is 1. The average molecular weight is 619 g/mol. The summed E-state index contributed by atoms with van der Waals surface area (Å²) in [5.74, 6) is -0.152. The van der Waals surface area contributed by atoms with Gasteiger partial charge in [-0.2, -0.15) is 10.2 Å². The Morgan fingerprint density at radius 1 is 1.14 bits per heavy atom. The van der Waals surface area contributed by atoms with Crippen molar-refractivity contribution in [3.63, 3.8) is 0 Å². The van der Waals surface area contributed by atoms with Gasteiger partial charge in [0.2, 0.25) is 0 Å². The van der Waals surface area contributed by atoms with Crippen molar-refractivity contribution in [3.05, 3.63) is 58.4 Å². The summed E-state index contributed by atoms with van der Waals surface area (Å²) in [5.41, 5.74) is 7.11. The van der Waals surface area contributed by atoms with Crippen LogP contribution in [0.4, 0.5) is 4.79 Å². The monoisotopic (exact) mass is 618 g/mol. The van der Waals surface area contributed by atoms with E-state index in [4.69, 9.17) is 26.2 Å². The molecule has 2 fully saturated rings. The molecule has 1 saturated carbocycles. The number of nitrogens with one attached hydrogen (secondary N) is 2. The van der Waals surface area contributed by atoms with Crippen molar-refractivity contribution < 1.29 is 19.1 Å². The van der Waals surface area contributed by atoms with E-state index in [2.05, 4.69) is 34.0 Å². The Morgan fingerprint density at radius 3 is 2.59 bits per heavy atom. The van der Waals surface area contributed by atoms with Gasteiger partial charge in [-0.05, 0) is 56.9 Å². The highest BCUT2D eigenvalue weighted by Gasteiger charge is 2.55. The first-order valence-electron chi connectivity index (χ1n) is 15.3. The van der Waals surface area contributed by atoms with Crippen molar-refractivity contribution in [2.75, 3.05) is 40.0 Å². The number of hydrogen-bond donors (Lipinski definition) is 2. The fourth-order valence-electron chi connectivity index (χ4n) is 6.63. The number of aryl methyl sites for hydroxylation is 1. The number of benzene rings is 2. The van der Waals surface area contributed by atoms with E-state index in [0.717, 1.165) is 83.3 Å². The number of methoxy groups -OCH3 is 1. The molecule has 2 amide bonds. The first-order valence-corrected chi connectivity index (χ1v) is 15.6. The number of likely N-dealkylation sites (tertiary alicyclic amines) is 1. The number of aromatic nitrogens is 4. The predicted octanol–water partition coefficient (Wildman–Crippen LogP) is 6.31. The molecule has 0 radical (unpaired) electrons. The Morgan fingerprint density at radius 2 is 1.89 bits per heavy atom. The highest BCUT2D eigenvalue weighted by molar-refractivity contribution is 6.36. The lowest BCUT2D eigenvalue weighted by atomic mass is 9.61. The molecule has 2 aromatic carbocycles. The summed E-state index contributed by atoms with van der Waals surface area (Å²) in [6.07, 6.45) is 5.37. The van der Waals surface area contributed by atoms with Gasteiger partial charge < -0.3 is 19.7 Å². The summed E-state index contributed by atoms with van der Waals surface area (Å²) in [6, 6.07) is 9.73. The van der Waals surface area contributed by atoms with Crippen molar-refractivity contribution >= 4 is 34.5 Å². The van der Waals surface area contributed by atoms with Crippen LogP contribution in [0.15, 0.2) is 36.5 Å². The molecule has 10 nitrogen and oxygen atoms in total. The lowest BCUT2D eigenvalue weighted by Gasteiger charge is -2.58. The summed E-state index contributed by atoms with van der Waals surface area (Å²) >= 11 is 7.04. The van der Waals surface area contributed by atoms with E-state index in [-0.39, 0.29) is 23.5 Å². The first-order chi connectivity index (χ1) is 21.2. The summed E-state index contributed by atoms with van der Waals surface area (Å²) in [7, 11) is 1.60. The van der Waals surface area contributed by atoms with Crippen LogP contribution >= 0.6 is 11.6 Å². The Labute approximate surface area is 262 Å². The molecule has 11 heteroatoms. The number of H-pyrrole nitrogens is 1. The minimum atomic E-state index is -0.207. The lowest BCUT2D eigenvalue weighted by Crippen LogP contribution is -2.64. The Bertz CT molecular complexity index is 1680. The fourth-order valence-corrected chi connectivity index (χ4v) is 6.88. The number of ether oxygens (including phenoxy) is 2. The molecule has 1 aliphatic heterocycles. The number of hydrogen-bond acceptors (Lipinski definition) is 6. The minimum Gasteiger partial charge on any atom is -0.449 e. The standard InChI is InChI=1S/C33H39ClN6O4/c1-5-6-12-44-32(42)39-18-33(19-39)15-24(16-33)40-21(3)27(28-25-17-36-37-26(25)14-20(2)29(28)34)30(38-40)22-7-9-23(10-8-22)31(41)35-11-13-43-4/h7-10,14,17,24H,5-6,11-13,15-16,18-19H2,1-4H3,(H,35,41)(H,36,37). The zero-order valence-electron chi connectivity index (χ0n) is 25.7. The highest BCUT2D eigenvalue weighted by atomic mass is 35.5. The van der Waals surface area contributed by atoms with Crippen molar-refractivity contribution in [3.8, 4) is 22.4 Å². The molecule has 0 bridgehead atoms. The molecule has 2 N–H and O–H groups in total. The lowest BCUT2D eigenvalue weighted by molar-refractivity contribution is -0.0825. The van der Waals surface area contributed by atoms with E-state index in [9.17, 15) is 9.59 Å². The minimum absolute atomic E-state index is 0.115. The quantitative estimate of drug-likeness (QED) is 0.201. The number of unbranched alkanes of at least 4 members (excludes halogenated alkanes) is 1. The molecule has 44 heavy (non-hydrogen) atoms. The number of carbonyl (C=O) groups excluding carboxylic acids is 2. The van der Waals surface area contributed by atoms with Gasteiger partial charge in [-0.25, -0.2) is 4.79 Å². The van der Waals surface area contributed by atoms with Gasteiger partial charge in [0.1, 0.15) is 5.69 Å². The van der Waals surface area contributed by atoms with Gasteiger partial charge >= 0.3 is 6.09 Å². The van der Waals surface area contributed by atoms with Crippen LogP contribution in [0.2, 0.25) is 5.02 Å². The third-order valence-electron chi connectivity index (χ3n) is 8.99. The number of halogens is 1. The first kappa shape index (κ1) is 30.1. The third kappa shape index (κ3) is 5.45. The number of rotatable bonds is 10. The second-order valence-corrected chi connectivity index (χ2v) is 12.6. The molecular weight excluding hydrogens is 580 g/mol. The second-order valence-electron chi connectivity index (χ2n) is 12.2. The van der Waals surface area contributed by atoms with Crippen LogP contribution in [-0.4, -0.2) is 76.8 Å². The van der Waals surface area contributed by atoms with Crippen LogP contribution in [0.1, 0.15) is 60.3 Å². The number of amides is 2. The molecule has 1 saturated heterocycles. The van der Waals surface area contributed by atoms with Gasteiger partial charge in [-0.1, -0.05) is 37.1 Å². The largest absolute Gasteiger partial charge is 0.449 e. The molecule has 1 spiro atoms. The molecule has 0 atom stereocenters. The van der Waals surface area contributed by atoms with Crippen molar-refractivity contribution in [2.24, 2.45) is 5.41 Å². The Balaban J connectivity index is 1.31. The summed E-state index contributed by atoms with van der Waals surface area (Å²) in [6.45, 7) is 8.99. The van der Waals surface area contributed by atoms with Gasteiger partial charge in [0.15, 0.2) is 0 Å². The second kappa shape index (κ2) is 12.2. The Kier molecular flexibility index (Phi) is 8.39. The van der Waals surface area contributed by atoms with E-state index in [1.54, 1.807) is 7.11 Å². The molecule has 0 unspecified atom stereocenters. The SMILES string of the molecule is CCCCOC(=O)N1CC2(CC(n3nc(-c4ccc(C(=O)NCCOC)cc4)c(-c4c(Cl)c(C)cc5[nH]ncc45)c3C)C2)C1. The molecular formula is C33H39ClN6O4. The molecule has 4 aromatic rings. The van der Waals surface area contributed by atoms with Gasteiger partial charge in [0.25, 0.3) is 5.91 Å². The van der Waals surface area contributed by atoms with E-state index < -0.39 is 0 Å². The third-order valence-corrected chi connectivity index (χ3v) is 9.48. The van der Waals surface area contributed by atoms with Crippen LogP contribution in [0.5, 0.6) is 0 Å². The van der Waals surface area contributed by atoms with Gasteiger partial charge in [-0.15, -0.1) is 0 Å². The molecule has 3 heterocycles. The van der Waals surface area contributed by atoms with Crippen LogP contribution < -0.4 is 5.32 Å². The maximum absolute atomic E-state index is 12.6.